The number of carbonyl (C=O) groups excluding carboxylic acids is 3. The monoisotopic (exact) mass is 346 g/mol. The highest BCUT2D eigenvalue weighted by Crippen LogP contribution is 2.23. The zero-order chi connectivity index (χ0) is 18.1. The first-order valence-corrected chi connectivity index (χ1v) is 8.16. The third kappa shape index (κ3) is 2.82. The number of hydrogen-bond acceptors (Lipinski definition) is 5. The molecule has 1 aromatic heterocycles. The molecule has 4 rings (SSSR count). The van der Waals surface area contributed by atoms with Gasteiger partial charge in [0, 0.05) is 11.6 Å². The van der Waals surface area contributed by atoms with E-state index in [2.05, 4.69) is 4.98 Å². The van der Waals surface area contributed by atoms with Crippen LogP contribution < -0.4 is 0 Å². The Labute approximate surface area is 149 Å². The fraction of sp³-hybridized carbons (Fsp3) is 0.100. The quantitative estimate of drug-likeness (QED) is 0.679. The number of nitrogens with zero attached hydrogens (tertiary/aromatic N) is 2. The summed E-state index contributed by atoms with van der Waals surface area (Å²) in [5, 5.41) is 1.56. The lowest BCUT2D eigenvalue weighted by Crippen LogP contribution is -2.32. The molecule has 0 saturated heterocycles. The highest BCUT2D eigenvalue weighted by Gasteiger charge is 2.38. The molecule has 2 heterocycles. The van der Waals surface area contributed by atoms with Gasteiger partial charge in [0.15, 0.2) is 0 Å². The van der Waals surface area contributed by atoms with Crippen LogP contribution >= 0.6 is 0 Å². The number of fused-ring (bicyclic) bond motifs is 2. The average Bonchev–Trinajstić information content (AvgIpc) is 2.91. The number of amides is 2. The van der Waals surface area contributed by atoms with Crippen molar-refractivity contribution in [1.82, 2.24) is 10.0 Å². The molecule has 3 aromatic rings. The average molecular weight is 346 g/mol. The molecule has 26 heavy (non-hydrogen) atoms. The number of aryl methyl sites for hydroxylation is 1. The number of carbonyl (C=O) groups is 3. The van der Waals surface area contributed by atoms with E-state index in [0.717, 1.165) is 16.5 Å². The number of benzene rings is 2. The molecule has 0 atom stereocenters. The maximum absolute atomic E-state index is 12.2. The van der Waals surface area contributed by atoms with Crippen molar-refractivity contribution in [1.29, 1.82) is 0 Å². The Balaban J connectivity index is 1.41. The summed E-state index contributed by atoms with van der Waals surface area (Å²) in [6.07, 6.45) is 2.18. The van der Waals surface area contributed by atoms with Crippen molar-refractivity contribution in [3.8, 4) is 0 Å². The molecule has 0 spiro atoms. The van der Waals surface area contributed by atoms with Crippen LogP contribution in [0.25, 0.3) is 10.9 Å². The molecule has 0 aliphatic carbocycles. The van der Waals surface area contributed by atoms with Gasteiger partial charge in [-0.15, -0.1) is 0 Å². The summed E-state index contributed by atoms with van der Waals surface area (Å²) >= 11 is 0. The molecular weight excluding hydrogens is 332 g/mol. The van der Waals surface area contributed by atoms with Crippen LogP contribution in [0.4, 0.5) is 0 Å². The molecule has 0 radical (unpaired) electrons. The Morgan fingerprint density at radius 3 is 2.42 bits per heavy atom. The summed E-state index contributed by atoms with van der Waals surface area (Å²) in [5.41, 5.74) is 2.26. The molecule has 2 amide bonds. The number of hydrogen-bond donors (Lipinski definition) is 0. The predicted octanol–water partition coefficient (Wildman–Crippen LogP) is 2.92. The highest BCUT2D eigenvalue weighted by molar-refractivity contribution is 6.20. The van der Waals surface area contributed by atoms with Gasteiger partial charge in [-0.3, -0.25) is 14.6 Å². The van der Waals surface area contributed by atoms with Crippen LogP contribution in [-0.4, -0.2) is 27.8 Å². The summed E-state index contributed by atoms with van der Waals surface area (Å²) in [6, 6.07) is 16.0. The Hall–Kier alpha value is -3.54. The topological polar surface area (TPSA) is 76.6 Å². The first-order chi connectivity index (χ1) is 12.6. The van der Waals surface area contributed by atoms with Crippen LogP contribution in [0.15, 0.2) is 60.8 Å². The van der Waals surface area contributed by atoms with Crippen molar-refractivity contribution >= 4 is 28.7 Å². The Kier molecular flexibility index (Phi) is 3.93. The second-order valence-corrected chi connectivity index (χ2v) is 5.94. The fourth-order valence-corrected chi connectivity index (χ4v) is 2.91. The molecule has 0 N–H and O–H groups in total. The van der Waals surface area contributed by atoms with E-state index < -0.39 is 17.8 Å². The molecule has 1 aliphatic rings. The minimum Gasteiger partial charge on any atom is -0.330 e. The molecule has 0 saturated carbocycles. The third-order valence-corrected chi connectivity index (χ3v) is 4.24. The third-order valence-electron chi connectivity index (χ3n) is 4.24. The van der Waals surface area contributed by atoms with E-state index >= 15 is 0 Å². The lowest BCUT2D eigenvalue weighted by Gasteiger charge is -2.12. The largest absolute Gasteiger partial charge is 0.333 e. The highest BCUT2D eigenvalue weighted by atomic mass is 16.7. The minimum absolute atomic E-state index is 0.0474. The van der Waals surface area contributed by atoms with Crippen LogP contribution in [0.2, 0.25) is 0 Å². The van der Waals surface area contributed by atoms with Crippen molar-refractivity contribution < 1.29 is 19.2 Å². The van der Waals surface area contributed by atoms with E-state index in [9.17, 15) is 14.4 Å². The number of hydroxylamine groups is 2. The van der Waals surface area contributed by atoms with Crippen molar-refractivity contribution in [3.63, 3.8) is 0 Å². The van der Waals surface area contributed by atoms with Crippen molar-refractivity contribution in [3.05, 3.63) is 77.5 Å². The molecule has 128 valence electrons. The van der Waals surface area contributed by atoms with Crippen LogP contribution in [0.5, 0.6) is 0 Å². The molecule has 6 heteroatoms. The first kappa shape index (κ1) is 16.0. The van der Waals surface area contributed by atoms with Gasteiger partial charge in [-0.05, 0) is 36.2 Å². The van der Waals surface area contributed by atoms with Gasteiger partial charge in [-0.1, -0.05) is 35.4 Å². The lowest BCUT2D eigenvalue weighted by atomic mass is 10.1. The maximum Gasteiger partial charge on any atom is 0.333 e. The van der Waals surface area contributed by atoms with E-state index in [1.807, 2.05) is 30.3 Å². The first-order valence-electron chi connectivity index (χ1n) is 8.16. The zero-order valence-corrected chi connectivity index (χ0v) is 13.7. The van der Waals surface area contributed by atoms with Crippen LogP contribution in [-0.2, 0) is 16.1 Å². The molecule has 2 aromatic carbocycles. The van der Waals surface area contributed by atoms with Crippen LogP contribution in [0, 0.1) is 0 Å². The molecule has 6 nitrogen and oxygen atoms in total. The minimum atomic E-state index is -0.638. The smallest absolute Gasteiger partial charge is 0.330 e. The second kappa shape index (κ2) is 6.40. The van der Waals surface area contributed by atoms with E-state index in [4.69, 9.17) is 4.84 Å². The molecule has 0 fully saturated rings. The van der Waals surface area contributed by atoms with Gasteiger partial charge < -0.3 is 4.84 Å². The lowest BCUT2D eigenvalue weighted by molar-refractivity contribution is -0.168. The molecule has 0 bridgehead atoms. The SMILES string of the molecule is O=C(CCc1ccc2cccnc2c1)ON1C(=O)c2ccccc2C1=O. The molecular formula is C20H14N2O4. The van der Waals surface area contributed by atoms with Crippen molar-refractivity contribution in [2.75, 3.05) is 0 Å². The van der Waals surface area contributed by atoms with Crippen molar-refractivity contribution in [2.45, 2.75) is 12.8 Å². The van der Waals surface area contributed by atoms with Gasteiger partial charge in [-0.2, -0.15) is 0 Å². The van der Waals surface area contributed by atoms with E-state index in [0.29, 0.717) is 11.5 Å². The van der Waals surface area contributed by atoms with E-state index in [1.54, 1.807) is 18.3 Å². The zero-order valence-electron chi connectivity index (χ0n) is 13.7. The maximum atomic E-state index is 12.2. The van der Waals surface area contributed by atoms with Gasteiger partial charge >= 0.3 is 5.97 Å². The molecule has 1 aliphatic heterocycles. The number of aromatic nitrogens is 1. The Bertz CT molecular complexity index is 1010. The van der Waals surface area contributed by atoms with E-state index in [-0.39, 0.29) is 17.5 Å². The summed E-state index contributed by atoms with van der Waals surface area (Å²) in [7, 11) is 0. The number of rotatable bonds is 4. The predicted molar refractivity (Wildman–Crippen MR) is 93.1 cm³/mol. The molecule has 0 unspecified atom stereocenters. The van der Waals surface area contributed by atoms with Gasteiger partial charge in [0.2, 0.25) is 0 Å². The summed E-state index contributed by atoms with van der Waals surface area (Å²) in [4.78, 5) is 45.7. The van der Waals surface area contributed by atoms with Gasteiger partial charge in [0.1, 0.15) is 0 Å². The normalized spacial score (nSPS) is 13.2. The van der Waals surface area contributed by atoms with Gasteiger partial charge in [0.05, 0.1) is 23.1 Å². The van der Waals surface area contributed by atoms with Crippen LogP contribution in [0.1, 0.15) is 32.7 Å². The van der Waals surface area contributed by atoms with E-state index in [1.165, 1.54) is 12.1 Å². The fourth-order valence-electron chi connectivity index (χ4n) is 2.91. The summed E-state index contributed by atoms with van der Waals surface area (Å²) in [5.74, 6) is -1.87. The van der Waals surface area contributed by atoms with Crippen LogP contribution in [0.3, 0.4) is 0 Å². The standard InChI is InChI=1S/C20H14N2O4/c23-18(10-8-13-7-9-14-4-3-11-21-17(14)12-13)26-22-19(24)15-5-1-2-6-16(15)20(22)25/h1-7,9,11-12H,8,10H2. The summed E-state index contributed by atoms with van der Waals surface area (Å²) < 4.78 is 0. The second-order valence-electron chi connectivity index (χ2n) is 5.94. The number of pyridine rings is 1. The Morgan fingerprint density at radius 2 is 1.69 bits per heavy atom. The van der Waals surface area contributed by atoms with Gasteiger partial charge in [-0.25, -0.2) is 4.79 Å². The Morgan fingerprint density at radius 1 is 0.962 bits per heavy atom. The number of imide groups is 1. The summed E-state index contributed by atoms with van der Waals surface area (Å²) in [6.45, 7) is 0. The van der Waals surface area contributed by atoms with Gasteiger partial charge in [0.25, 0.3) is 11.8 Å². The van der Waals surface area contributed by atoms with Crippen molar-refractivity contribution in [2.24, 2.45) is 0 Å².